The van der Waals surface area contributed by atoms with Gasteiger partial charge in [-0.25, -0.2) is 9.37 Å². The number of halogens is 2. The Morgan fingerprint density at radius 1 is 1.40 bits per heavy atom. The van der Waals surface area contributed by atoms with Crippen LogP contribution in [0.2, 0.25) is 0 Å². The second-order valence-electron chi connectivity index (χ2n) is 5.12. The molecule has 0 amide bonds. The molecule has 20 heavy (non-hydrogen) atoms. The molecule has 1 saturated heterocycles. The van der Waals surface area contributed by atoms with E-state index in [0.29, 0.717) is 6.04 Å². The van der Waals surface area contributed by atoms with E-state index in [1.54, 1.807) is 23.5 Å². The summed E-state index contributed by atoms with van der Waals surface area (Å²) in [5.74, 6) is -0.186. The monoisotopic (exact) mass is 315 g/mol. The third-order valence-electron chi connectivity index (χ3n) is 3.71. The molecule has 0 bridgehead atoms. The maximum atomic E-state index is 13.2. The Hall–Kier alpha value is -0.750. The van der Waals surface area contributed by atoms with Gasteiger partial charge in [0.2, 0.25) is 0 Å². The largest absolute Gasteiger partial charge is 0.317 e. The second-order valence-corrected chi connectivity index (χ2v) is 6.23. The van der Waals surface area contributed by atoms with Gasteiger partial charge in [0.15, 0.2) is 0 Å². The van der Waals surface area contributed by atoms with Gasteiger partial charge in [0.05, 0.1) is 16.8 Å². The molecule has 1 N–H and O–H groups in total. The number of piperidine rings is 1. The summed E-state index contributed by atoms with van der Waals surface area (Å²) in [4.78, 5) is 6.95. The molecule has 0 saturated carbocycles. The number of hydrogen-bond acceptors (Lipinski definition) is 4. The number of rotatable bonds is 3. The normalized spacial score (nSPS) is 16.6. The summed E-state index contributed by atoms with van der Waals surface area (Å²) >= 11 is 1.60. The molecular weight excluding hydrogens is 297 g/mol. The van der Waals surface area contributed by atoms with Crippen molar-refractivity contribution in [1.82, 2.24) is 15.2 Å². The van der Waals surface area contributed by atoms with E-state index < -0.39 is 0 Å². The van der Waals surface area contributed by atoms with Gasteiger partial charge in [-0.2, -0.15) is 0 Å². The zero-order chi connectivity index (χ0) is 13.2. The molecule has 1 aliphatic heterocycles. The molecule has 0 spiro atoms. The zero-order valence-electron chi connectivity index (χ0n) is 11.4. The van der Waals surface area contributed by atoms with Crippen molar-refractivity contribution < 1.29 is 4.39 Å². The Bertz CT molecular complexity index is 569. The van der Waals surface area contributed by atoms with Gasteiger partial charge in [0.25, 0.3) is 0 Å². The van der Waals surface area contributed by atoms with Gasteiger partial charge in [-0.3, -0.25) is 4.90 Å². The summed E-state index contributed by atoms with van der Waals surface area (Å²) in [6.45, 7) is 3.05. The Morgan fingerprint density at radius 3 is 2.90 bits per heavy atom. The predicted molar refractivity (Wildman–Crippen MR) is 84.2 cm³/mol. The molecule has 6 heteroatoms. The number of benzene rings is 1. The molecule has 2 aromatic rings. The molecule has 1 fully saturated rings. The van der Waals surface area contributed by atoms with Gasteiger partial charge in [-0.1, -0.05) is 0 Å². The van der Waals surface area contributed by atoms with Crippen molar-refractivity contribution in [3.05, 3.63) is 29.0 Å². The fourth-order valence-electron chi connectivity index (χ4n) is 2.60. The molecule has 3 nitrogen and oxygen atoms in total. The van der Waals surface area contributed by atoms with Crippen molar-refractivity contribution in [2.24, 2.45) is 0 Å². The maximum absolute atomic E-state index is 13.2. The topological polar surface area (TPSA) is 28.2 Å². The van der Waals surface area contributed by atoms with Crippen LogP contribution in [0.15, 0.2) is 18.2 Å². The highest BCUT2D eigenvalue weighted by atomic mass is 35.5. The fourth-order valence-corrected chi connectivity index (χ4v) is 3.66. The van der Waals surface area contributed by atoms with Gasteiger partial charge in [-0.05, 0) is 51.2 Å². The van der Waals surface area contributed by atoms with Crippen LogP contribution in [0.3, 0.4) is 0 Å². The number of fused-ring (bicyclic) bond motifs is 1. The van der Waals surface area contributed by atoms with E-state index in [9.17, 15) is 4.39 Å². The number of aromatic nitrogens is 1. The highest BCUT2D eigenvalue weighted by Crippen LogP contribution is 2.24. The number of nitrogens with one attached hydrogen (secondary N) is 1. The lowest BCUT2D eigenvalue weighted by Gasteiger charge is -2.30. The molecule has 3 rings (SSSR count). The molecule has 110 valence electrons. The summed E-state index contributed by atoms with van der Waals surface area (Å²) in [6.07, 6.45) is 2.38. The first kappa shape index (κ1) is 15.6. The van der Waals surface area contributed by atoms with Crippen LogP contribution in [0.1, 0.15) is 17.8 Å². The van der Waals surface area contributed by atoms with Crippen LogP contribution in [-0.2, 0) is 6.54 Å². The van der Waals surface area contributed by atoms with Crippen molar-refractivity contribution in [2.45, 2.75) is 25.4 Å². The average Bonchev–Trinajstić information content (AvgIpc) is 2.81. The first-order valence-corrected chi connectivity index (χ1v) is 7.50. The van der Waals surface area contributed by atoms with E-state index in [0.717, 1.165) is 34.9 Å². The van der Waals surface area contributed by atoms with Crippen molar-refractivity contribution in [1.29, 1.82) is 0 Å². The van der Waals surface area contributed by atoms with E-state index in [-0.39, 0.29) is 18.2 Å². The van der Waals surface area contributed by atoms with Crippen molar-refractivity contribution in [2.75, 3.05) is 20.1 Å². The van der Waals surface area contributed by atoms with E-state index in [2.05, 4.69) is 22.2 Å². The lowest BCUT2D eigenvalue weighted by Crippen LogP contribution is -2.40. The zero-order valence-corrected chi connectivity index (χ0v) is 13.1. The Labute approximate surface area is 128 Å². The average molecular weight is 316 g/mol. The molecule has 0 unspecified atom stereocenters. The molecular formula is C14H19ClFN3S. The van der Waals surface area contributed by atoms with Crippen molar-refractivity contribution in [3.8, 4) is 0 Å². The van der Waals surface area contributed by atoms with Gasteiger partial charge >= 0.3 is 0 Å². The predicted octanol–water partition coefficient (Wildman–Crippen LogP) is 3.04. The summed E-state index contributed by atoms with van der Waals surface area (Å²) in [5.41, 5.74) is 0.903. The Kier molecular flexibility index (Phi) is 5.32. The van der Waals surface area contributed by atoms with E-state index in [4.69, 9.17) is 0 Å². The summed E-state index contributed by atoms with van der Waals surface area (Å²) in [7, 11) is 2.16. The van der Waals surface area contributed by atoms with E-state index in [1.165, 1.54) is 18.9 Å². The fraction of sp³-hybridized carbons (Fsp3) is 0.500. The Morgan fingerprint density at radius 2 is 2.15 bits per heavy atom. The molecule has 2 heterocycles. The standard InChI is InChI=1S/C14H18FN3S.ClH/c1-18(11-4-6-16-7-5-11)9-14-17-12-3-2-10(15)8-13(12)19-14;/h2-3,8,11,16H,4-7,9H2,1H3;1H. The van der Waals surface area contributed by atoms with Crippen LogP contribution in [0.4, 0.5) is 4.39 Å². The first-order valence-electron chi connectivity index (χ1n) is 6.68. The minimum absolute atomic E-state index is 0. The Balaban J connectivity index is 0.00000147. The van der Waals surface area contributed by atoms with Crippen LogP contribution in [0.5, 0.6) is 0 Å². The minimum atomic E-state index is -0.186. The maximum Gasteiger partial charge on any atom is 0.124 e. The quantitative estimate of drug-likeness (QED) is 0.943. The molecule has 1 aliphatic rings. The molecule has 0 aliphatic carbocycles. The smallest absolute Gasteiger partial charge is 0.124 e. The van der Waals surface area contributed by atoms with Crippen LogP contribution in [-0.4, -0.2) is 36.1 Å². The minimum Gasteiger partial charge on any atom is -0.317 e. The first-order chi connectivity index (χ1) is 9.22. The van der Waals surface area contributed by atoms with Crippen LogP contribution in [0, 0.1) is 5.82 Å². The highest BCUT2D eigenvalue weighted by molar-refractivity contribution is 7.18. The van der Waals surface area contributed by atoms with Crippen molar-refractivity contribution >= 4 is 34.0 Å². The van der Waals surface area contributed by atoms with Gasteiger partial charge < -0.3 is 5.32 Å². The third-order valence-corrected chi connectivity index (χ3v) is 4.71. The van der Waals surface area contributed by atoms with E-state index in [1.807, 2.05) is 0 Å². The van der Waals surface area contributed by atoms with Gasteiger partial charge in [0.1, 0.15) is 10.8 Å². The van der Waals surface area contributed by atoms with Crippen molar-refractivity contribution in [3.63, 3.8) is 0 Å². The number of thiazole rings is 1. The SMILES string of the molecule is CN(Cc1nc2ccc(F)cc2s1)C1CCNCC1.Cl. The molecule has 1 aromatic heterocycles. The molecule has 1 aromatic carbocycles. The molecule has 0 radical (unpaired) electrons. The van der Waals surface area contributed by atoms with Gasteiger partial charge in [-0.15, -0.1) is 23.7 Å². The molecule has 0 atom stereocenters. The lowest BCUT2D eigenvalue weighted by atomic mass is 10.1. The lowest BCUT2D eigenvalue weighted by molar-refractivity contribution is 0.191. The number of hydrogen-bond donors (Lipinski definition) is 1. The summed E-state index contributed by atoms with van der Waals surface area (Å²) in [6, 6.07) is 5.43. The van der Waals surface area contributed by atoms with Gasteiger partial charge in [0, 0.05) is 6.04 Å². The third kappa shape index (κ3) is 3.47. The highest BCUT2D eigenvalue weighted by Gasteiger charge is 2.18. The number of nitrogens with zero attached hydrogens (tertiary/aromatic N) is 2. The van der Waals surface area contributed by atoms with Crippen LogP contribution in [0.25, 0.3) is 10.2 Å². The summed E-state index contributed by atoms with van der Waals surface area (Å²) in [5, 5.41) is 4.45. The van der Waals surface area contributed by atoms with E-state index >= 15 is 0 Å². The van der Waals surface area contributed by atoms with Crippen LogP contribution >= 0.6 is 23.7 Å². The van der Waals surface area contributed by atoms with Crippen LogP contribution < -0.4 is 5.32 Å². The summed E-state index contributed by atoms with van der Waals surface area (Å²) < 4.78 is 14.1. The second kappa shape index (κ2) is 6.80.